The molecule has 196 valence electrons. The molecule has 9 heteroatoms. The van der Waals surface area contributed by atoms with E-state index in [0.717, 1.165) is 31.5 Å². The number of anilines is 1. The minimum absolute atomic E-state index is 0.00863. The standard InChI is InChI=1S/C29H32N6O3/c1-19(33-28(36)24-13-25(37-2)15-26(14-24)38-17-20-6-7-20)22-8-10-35(11-9-22)29-32-18-31-27(34-29)23-5-3-4-21(12-23)16-30/h3-5,12-15,18-20,22H,6-11,17H2,1-2H3,(H,33,36). The summed E-state index contributed by atoms with van der Waals surface area (Å²) in [7, 11) is 1.59. The monoisotopic (exact) mass is 512 g/mol. The lowest BCUT2D eigenvalue weighted by Crippen LogP contribution is -2.44. The van der Waals surface area contributed by atoms with E-state index in [-0.39, 0.29) is 11.9 Å². The van der Waals surface area contributed by atoms with E-state index < -0.39 is 0 Å². The second-order valence-electron chi connectivity index (χ2n) is 10.0. The molecular formula is C29H32N6O3. The van der Waals surface area contributed by atoms with Gasteiger partial charge >= 0.3 is 0 Å². The molecule has 3 aromatic rings. The molecule has 1 N–H and O–H groups in total. The first-order valence-corrected chi connectivity index (χ1v) is 13.1. The van der Waals surface area contributed by atoms with Crippen LogP contribution in [0.3, 0.4) is 0 Å². The van der Waals surface area contributed by atoms with Crippen molar-refractivity contribution in [1.29, 1.82) is 5.26 Å². The molecule has 1 amide bonds. The van der Waals surface area contributed by atoms with Gasteiger partial charge in [0.1, 0.15) is 17.8 Å². The number of nitrogens with one attached hydrogen (secondary N) is 1. The number of carbonyl (C=O) groups is 1. The van der Waals surface area contributed by atoms with E-state index in [1.165, 1.54) is 19.2 Å². The summed E-state index contributed by atoms with van der Waals surface area (Å²) in [5.74, 6) is 3.29. The van der Waals surface area contributed by atoms with Crippen LogP contribution >= 0.6 is 0 Å². The lowest BCUT2D eigenvalue weighted by Gasteiger charge is -2.35. The molecule has 0 bridgehead atoms. The second kappa shape index (κ2) is 11.5. The van der Waals surface area contributed by atoms with E-state index in [2.05, 4.69) is 38.2 Å². The number of amides is 1. The number of nitrogens with zero attached hydrogens (tertiary/aromatic N) is 5. The van der Waals surface area contributed by atoms with E-state index in [1.54, 1.807) is 31.4 Å². The summed E-state index contributed by atoms with van der Waals surface area (Å²) < 4.78 is 11.3. The molecule has 0 spiro atoms. The van der Waals surface area contributed by atoms with Crippen LogP contribution in [0.4, 0.5) is 5.95 Å². The highest BCUT2D eigenvalue weighted by Gasteiger charge is 2.27. The fourth-order valence-electron chi connectivity index (χ4n) is 4.72. The van der Waals surface area contributed by atoms with Gasteiger partial charge in [0.25, 0.3) is 5.91 Å². The minimum atomic E-state index is -0.128. The first-order chi connectivity index (χ1) is 18.5. The number of hydrogen-bond donors (Lipinski definition) is 1. The summed E-state index contributed by atoms with van der Waals surface area (Å²) >= 11 is 0. The van der Waals surface area contributed by atoms with Gasteiger partial charge in [0.2, 0.25) is 5.95 Å². The predicted octanol–water partition coefficient (Wildman–Crippen LogP) is 4.24. The van der Waals surface area contributed by atoms with Gasteiger partial charge in [-0.05, 0) is 68.7 Å². The molecule has 1 aliphatic carbocycles. The third kappa shape index (κ3) is 6.20. The number of piperidine rings is 1. The first-order valence-electron chi connectivity index (χ1n) is 13.1. The van der Waals surface area contributed by atoms with Gasteiger partial charge in [0.05, 0.1) is 25.3 Å². The highest BCUT2D eigenvalue weighted by molar-refractivity contribution is 5.95. The summed E-state index contributed by atoms with van der Waals surface area (Å²) in [5.41, 5.74) is 1.90. The van der Waals surface area contributed by atoms with Gasteiger partial charge in [0, 0.05) is 36.3 Å². The van der Waals surface area contributed by atoms with Crippen LogP contribution in [0.2, 0.25) is 0 Å². The molecular weight excluding hydrogens is 480 g/mol. The Labute approximate surface area is 222 Å². The van der Waals surface area contributed by atoms with Gasteiger partial charge in [-0.25, -0.2) is 9.97 Å². The van der Waals surface area contributed by atoms with E-state index in [0.29, 0.717) is 52.8 Å². The van der Waals surface area contributed by atoms with E-state index in [1.807, 2.05) is 18.2 Å². The van der Waals surface area contributed by atoms with Crippen LogP contribution in [-0.2, 0) is 0 Å². The first kappa shape index (κ1) is 25.5. The van der Waals surface area contributed by atoms with Crippen molar-refractivity contribution >= 4 is 11.9 Å². The van der Waals surface area contributed by atoms with Crippen LogP contribution in [-0.4, -0.2) is 53.7 Å². The fraction of sp³-hybridized carbons (Fsp3) is 0.414. The van der Waals surface area contributed by atoms with Crippen molar-refractivity contribution in [2.75, 3.05) is 31.7 Å². The molecule has 1 aliphatic heterocycles. The van der Waals surface area contributed by atoms with Crippen LogP contribution < -0.4 is 19.7 Å². The number of rotatable bonds is 9. The minimum Gasteiger partial charge on any atom is -0.497 e. The zero-order valence-corrected chi connectivity index (χ0v) is 21.8. The summed E-state index contributed by atoms with van der Waals surface area (Å²) in [6.07, 6.45) is 5.74. The molecule has 2 aliphatic rings. The zero-order chi connectivity index (χ0) is 26.5. The second-order valence-corrected chi connectivity index (χ2v) is 10.0. The SMILES string of the molecule is COc1cc(OCC2CC2)cc(C(=O)NC(C)C2CCN(c3ncnc(-c4cccc(C#N)c4)n3)CC2)c1. The quantitative estimate of drug-likeness (QED) is 0.453. The number of hydrogen-bond acceptors (Lipinski definition) is 8. The summed E-state index contributed by atoms with van der Waals surface area (Å²) in [5, 5.41) is 12.4. The van der Waals surface area contributed by atoms with Gasteiger partial charge in [-0.15, -0.1) is 0 Å². The molecule has 2 aromatic carbocycles. The number of benzene rings is 2. The van der Waals surface area contributed by atoms with E-state index >= 15 is 0 Å². The molecule has 0 radical (unpaired) electrons. The average molecular weight is 513 g/mol. The van der Waals surface area contributed by atoms with Crippen molar-refractivity contribution in [2.24, 2.45) is 11.8 Å². The Morgan fingerprint density at radius 1 is 1.13 bits per heavy atom. The smallest absolute Gasteiger partial charge is 0.251 e. The van der Waals surface area contributed by atoms with Gasteiger partial charge < -0.3 is 19.7 Å². The lowest BCUT2D eigenvalue weighted by atomic mass is 9.90. The van der Waals surface area contributed by atoms with Crippen molar-refractivity contribution < 1.29 is 14.3 Å². The van der Waals surface area contributed by atoms with E-state index in [9.17, 15) is 10.1 Å². The van der Waals surface area contributed by atoms with Crippen LogP contribution in [0.5, 0.6) is 11.5 Å². The molecule has 1 saturated heterocycles. The Morgan fingerprint density at radius 2 is 1.92 bits per heavy atom. The van der Waals surface area contributed by atoms with Gasteiger partial charge in [-0.3, -0.25) is 4.79 Å². The Bertz CT molecular complexity index is 1330. The number of methoxy groups -OCH3 is 1. The Morgan fingerprint density at radius 3 is 2.66 bits per heavy atom. The molecule has 1 atom stereocenters. The van der Waals surface area contributed by atoms with Crippen LogP contribution in [0, 0.1) is 23.2 Å². The highest BCUT2D eigenvalue weighted by Crippen LogP contribution is 2.31. The van der Waals surface area contributed by atoms with Crippen LogP contribution in [0.25, 0.3) is 11.4 Å². The maximum atomic E-state index is 13.1. The van der Waals surface area contributed by atoms with Crippen LogP contribution in [0.15, 0.2) is 48.8 Å². The van der Waals surface area contributed by atoms with Gasteiger partial charge in [-0.2, -0.15) is 10.2 Å². The van der Waals surface area contributed by atoms with Gasteiger partial charge in [0.15, 0.2) is 5.82 Å². The van der Waals surface area contributed by atoms with Crippen molar-refractivity contribution in [1.82, 2.24) is 20.3 Å². The normalized spacial score (nSPS) is 16.4. The van der Waals surface area contributed by atoms with Crippen molar-refractivity contribution in [2.45, 2.75) is 38.6 Å². The average Bonchev–Trinajstić information content (AvgIpc) is 3.81. The number of aromatic nitrogens is 3. The van der Waals surface area contributed by atoms with Crippen molar-refractivity contribution in [3.8, 4) is 29.0 Å². The molecule has 5 rings (SSSR count). The molecule has 1 unspecified atom stereocenters. The maximum absolute atomic E-state index is 13.1. The fourth-order valence-corrected chi connectivity index (χ4v) is 4.72. The van der Waals surface area contributed by atoms with E-state index in [4.69, 9.17) is 9.47 Å². The zero-order valence-electron chi connectivity index (χ0n) is 21.8. The predicted molar refractivity (Wildman–Crippen MR) is 143 cm³/mol. The molecule has 1 aromatic heterocycles. The third-order valence-electron chi connectivity index (χ3n) is 7.26. The molecule has 9 nitrogen and oxygen atoms in total. The van der Waals surface area contributed by atoms with Gasteiger partial charge in [-0.1, -0.05) is 12.1 Å². The van der Waals surface area contributed by atoms with Crippen molar-refractivity contribution in [3.05, 3.63) is 59.9 Å². The number of carbonyl (C=O) groups excluding carboxylic acids is 1. The van der Waals surface area contributed by atoms with Crippen molar-refractivity contribution in [3.63, 3.8) is 0 Å². The molecule has 2 fully saturated rings. The highest BCUT2D eigenvalue weighted by atomic mass is 16.5. The topological polar surface area (TPSA) is 113 Å². The molecule has 2 heterocycles. The molecule has 38 heavy (non-hydrogen) atoms. The Hall–Kier alpha value is -4.19. The summed E-state index contributed by atoms with van der Waals surface area (Å²) in [4.78, 5) is 28.6. The summed E-state index contributed by atoms with van der Waals surface area (Å²) in [6, 6.07) is 14.8. The Kier molecular flexibility index (Phi) is 7.68. The molecule has 1 saturated carbocycles. The van der Waals surface area contributed by atoms with Crippen LogP contribution in [0.1, 0.15) is 48.5 Å². The lowest BCUT2D eigenvalue weighted by molar-refractivity contribution is 0.0921. The number of ether oxygens (including phenoxy) is 2. The summed E-state index contributed by atoms with van der Waals surface area (Å²) in [6.45, 7) is 4.31. The third-order valence-corrected chi connectivity index (χ3v) is 7.26. The number of nitriles is 1. The Balaban J connectivity index is 1.18. The maximum Gasteiger partial charge on any atom is 0.251 e. The largest absolute Gasteiger partial charge is 0.497 e.